The monoisotopic (exact) mass is 372 g/mol. The number of rotatable bonds is 4. The number of carbonyl (C=O) groups is 1. The Balaban J connectivity index is 0.00000312. The van der Waals surface area contributed by atoms with E-state index in [1.54, 1.807) is 13.8 Å². The number of aryl methyl sites for hydroxylation is 1. The van der Waals surface area contributed by atoms with Crippen molar-refractivity contribution >= 4 is 24.0 Å². The van der Waals surface area contributed by atoms with Crippen LogP contribution in [-0.2, 0) is 11.0 Å². The van der Waals surface area contributed by atoms with Gasteiger partial charge in [-0.15, -0.1) is 12.4 Å². The molecule has 25 heavy (non-hydrogen) atoms. The van der Waals surface area contributed by atoms with E-state index in [0.29, 0.717) is 5.56 Å². The minimum Gasteiger partial charge on any atom is -0.326 e. The first-order valence-electron chi connectivity index (χ1n) is 7.49. The summed E-state index contributed by atoms with van der Waals surface area (Å²) < 4.78 is 38.4. The van der Waals surface area contributed by atoms with E-state index in [0.717, 1.165) is 17.7 Å². The molecule has 0 saturated heterocycles. The summed E-state index contributed by atoms with van der Waals surface area (Å²) in [6, 6.07) is 11.8. The summed E-state index contributed by atoms with van der Waals surface area (Å²) in [6.07, 6.45) is -4.46. The van der Waals surface area contributed by atoms with Crippen LogP contribution in [0.1, 0.15) is 29.7 Å². The molecule has 0 heterocycles. The van der Waals surface area contributed by atoms with E-state index in [1.165, 1.54) is 6.07 Å². The maximum absolute atomic E-state index is 12.8. The molecule has 1 amide bonds. The van der Waals surface area contributed by atoms with Gasteiger partial charge in [0.2, 0.25) is 5.91 Å². The highest BCUT2D eigenvalue weighted by Gasteiger charge is 2.31. The van der Waals surface area contributed by atoms with Crippen molar-refractivity contribution in [3.8, 4) is 0 Å². The highest BCUT2D eigenvalue weighted by molar-refractivity contribution is 5.93. The summed E-state index contributed by atoms with van der Waals surface area (Å²) in [6.45, 7) is 3.29. The van der Waals surface area contributed by atoms with Gasteiger partial charge in [0.1, 0.15) is 0 Å². The predicted octanol–water partition coefficient (Wildman–Crippen LogP) is 4.71. The average Bonchev–Trinajstić information content (AvgIpc) is 2.55. The lowest BCUT2D eigenvalue weighted by Crippen LogP contribution is -2.30. The molecule has 0 bridgehead atoms. The average molecular weight is 373 g/mol. The highest BCUT2D eigenvalue weighted by Crippen LogP contribution is 2.32. The van der Waals surface area contributed by atoms with Gasteiger partial charge in [-0.2, -0.15) is 13.2 Å². The number of nitrogens with two attached hydrogens (primary N) is 1. The molecular weight excluding hydrogens is 353 g/mol. The van der Waals surface area contributed by atoms with Gasteiger partial charge in [-0.3, -0.25) is 4.79 Å². The van der Waals surface area contributed by atoms with Crippen molar-refractivity contribution in [1.29, 1.82) is 0 Å². The Kier molecular flexibility index (Phi) is 7.02. The van der Waals surface area contributed by atoms with Gasteiger partial charge in [0.25, 0.3) is 0 Å². The molecule has 0 aliphatic heterocycles. The third kappa shape index (κ3) is 5.21. The van der Waals surface area contributed by atoms with Gasteiger partial charge in [-0.25, -0.2) is 0 Å². The van der Waals surface area contributed by atoms with Crippen LogP contribution in [0, 0.1) is 12.8 Å². The molecule has 3 nitrogen and oxygen atoms in total. The second kappa shape index (κ2) is 8.36. The summed E-state index contributed by atoms with van der Waals surface area (Å²) in [4.78, 5) is 12.4. The Morgan fingerprint density at radius 3 is 2.28 bits per heavy atom. The zero-order chi connectivity index (χ0) is 17.9. The summed E-state index contributed by atoms with van der Waals surface area (Å²) in [5, 5.41) is 2.55. The third-order valence-electron chi connectivity index (χ3n) is 3.96. The van der Waals surface area contributed by atoms with E-state index in [-0.39, 0.29) is 18.1 Å². The molecular formula is C18H20ClF3N2O. The quantitative estimate of drug-likeness (QED) is 0.816. The summed E-state index contributed by atoms with van der Waals surface area (Å²) in [7, 11) is 0. The SMILES string of the molecule is Cc1ccc(C(F)(F)F)cc1NC(=O)C(C)C(N)c1ccccc1.Cl. The zero-order valence-electron chi connectivity index (χ0n) is 13.8. The second-order valence-corrected chi connectivity index (χ2v) is 5.74. The third-order valence-corrected chi connectivity index (χ3v) is 3.96. The molecule has 0 spiro atoms. The van der Waals surface area contributed by atoms with Crippen molar-refractivity contribution in [3.63, 3.8) is 0 Å². The van der Waals surface area contributed by atoms with Gasteiger partial charge in [0, 0.05) is 11.7 Å². The fraction of sp³-hybridized carbons (Fsp3) is 0.278. The lowest BCUT2D eigenvalue weighted by atomic mass is 9.94. The van der Waals surface area contributed by atoms with Gasteiger partial charge in [-0.05, 0) is 30.2 Å². The van der Waals surface area contributed by atoms with Crippen LogP contribution >= 0.6 is 12.4 Å². The van der Waals surface area contributed by atoms with E-state index in [9.17, 15) is 18.0 Å². The van der Waals surface area contributed by atoms with Crippen LogP contribution in [0.4, 0.5) is 18.9 Å². The van der Waals surface area contributed by atoms with Crippen molar-refractivity contribution in [3.05, 3.63) is 65.2 Å². The standard InChI is InChI=1S/C18H19F3N2O.ClH/c1-11-8-9-14(18(19,20)21)10-15(11)23-17(24)12(2)16(22)13-6-4-3-5-7-13;/h3-10,12,16H,22H2,1-2H3,(H,23,24);1H. The molecule has 7 heteroatoms. The van der Waals surface area contributed by atoms with Crippen LogP contribution in [0.2, 0.25) is 0 Å². The van der Waals surface area contributed by atoms with E-state index in [4.69, 9.17) is 5.73 Å². The van der Waals surface area contributed by atoms with Crippen molar-refractivity contribution in [1.82, 2.24) is 0 Å². The molecule has 0 aliphatic rings. The molecule has 0 radical (unpaired) electrons. The lowest BCUT2D eigenvalue weighted by molar-refractivity contribution is -0.137. The number of anilines is 1. The van der Waals surface area contributed by atoms with Crippen LogP contribution in [0.15, 0.2) is 48.5 Å². The summed E-state index contributed by atoms with van der Waals surface area (Å²) in [5.74, 6) is -1.02. The number of nitrogens with one attached hydrogen (secondary N) is 1. The van der Waals surface area contributed by atoms with Crippen molar-refractivity contribution in [2.24, 2.45) is 11.7 Å². The van der Waals surface area contributed by atoms with Gasteiger partial charge in [-0.1, -0.05) is 43.3 Å². The number of halogens is 4. The van der Waals surface area contributed by atoms with Crippen molar-refractivity contribution in [2.75, 3.05) is 5.32 Å². The normalized spacial score (nSPS) is 13.5. The van der Waals surface area contributed by atoms with Gasteiger partial charge in [0.05, 0.1) is 11.5 Å². The Hall–Kier alpha value is -2.05. The number of amides is 1. The van der Waals surface area contributed by atoms with E-state index >= 15 is 0 Å². The Morgan fingerprint density at radius 2 is 1.72 bits per heavy atom. The Labute approximate surface area is 150 Å². The fourth-order valence-electron chi connectivity index (χ4n) is 2.31. The van der Waals surface area contributed by atoms with Crippen molar-refractivity contribution < 1.29 is 18.0 Å². The fourth-order valence-corrected chi connectivity index (χ4v) is 2.31. The van der Waals surface area contributed by atoms with E-state index in [1.807, 2.05) is 30.3 Å². The molecule has 0 saturated carbocycles. The number of hydrogen-bond donors (Lipinski definition) is 2. The number of hydrogen-bond acceptors (Lipinski definition) is 2. The maximum atomic E-state index is 12.8. The summed E-state index contributed by atoms with van der Waals surface area (Å²) in [5.41, 5.74) is 6.77. The van der Waals surface area contributed by atoms with Gasteiger partial charge >= 0.3 is 6.18 Å². The van der Waals surface area contributed by atoms with E-state index < -0.39 is 29.6 Å². The number of alkyl halides is 3. The molecule has 0 fully saturated rings. The first kappa shape index (κ1) is 21.0. The molecule has 2 unspecified atom stereocenters. The molecule has 3 N–H and O–H groups in total. The lowest BCUT2D eigenvalue weighted by Gasteiger charge is -2.21. The molecule has 0 aliphatic carbocycles. The minimum absolute atomic E-state index is 0. The molecule has 2 aromatic rings. The zero-order valence-corrected chi connectivity index (χ0v) is 14.6. The molecule has 136 valence electrons. The number of benzene rings is 2. The van der Waals surface area contributed by atoms with Crippen LogP contribution in [0.3, 0.4) is 0 Å². The highest BCUT2D eigenvalue weighted by atomic mass is 35.5. The van der Waals surface area contributed by atoms with Crippen LogP contribution in [0.25, 0.3) is 0 Å². The summed E-state index contributed by atoms with van der Waals surface area (Å²) >= 11 is 0. The first-order valence-corrected chi connectivity index (χ1v) is 7.49. The van der Waals surface area contributed by atoms with Crippen molar-refractivity contribution in [2.45, 2.75) is 26.1 Å². The molecule has 2 rings (SSSR count). The van der Waals surface area contributed by atoms with Crippen LogP contribution < -0.4 is 11.1 Å². The molecule has 0 aromatic heterocycles. The molecule has 2 aromatic carbocycles. The minimum atomic E-state index is -4.46. The van der Waals surface area contributed by atoms with E-state index in [2.05, 4.69) is 5.32 Å². The maximum Gasteiger partial charge on any atom is 0.416 e. The number of carbonyl (C=O) groups excluding carboxylic acids is 1. The van der Waals surface area contributed by atoms with Crippen LogP contribution in [-0.4, -0.2) is 5.91 Å². The Morgan fingerprint density at radius 1 is 1.12 bits per heavy atom. The second-order valence-electron chi connectivity index (χ2n) is 5.74. The Bertz CT molecular complexity index is 720. The van der Waals surface area contributed by atoms with Crippen LogP contribution in [0.5, 0.6) is 0 Å². The van der Waals surface area contributed by atoms with Gasteiger partial charge in [0.15, 0.2) is 0 Å². The first-order chi connectivity index (χ1) is 11.2. The van der Waals surface area contributed by atoms with Gasteiger partial charge < -0.3 is 11.1 Å². The largest absolute Gasteiger partial charge is 0.416 e. The predicted molar refractivity (Wildman–Crippen MR) is 94.6 cm³/mol. The molecule has 2 atom stereocenters. The smallest absolute Gasteiger partial charge is 0.326 e. The topological polar surface area (TPSA) is 55.1 Å².